The molecule has 2 aromatic carbocycles. The quantitative estimate of drug-likeness (QED) is 0.821. The Labute approximate surface area is 149 Å². The molecule has 140 valence electrons. The third-order valence-electron chi connectivity index (χ3n) is 3.72. The molecule has 0 saturated heterocycles. The number of alkyl halides is 3. The number of hydrogen-bond acceptors (Lipinski definition) is 3. The summed E-state index contributed by atoms with van der Waals surface area (Å²) in [5.74, 6) is 0.370. The van der Waals surface area contributed by atoms with Crippen molar-refractivity contribution in [1.82, 2.24) is 5.32 Å². The molecule has 7 heteroatoms. The zero-order chi connectivity index (χ0) is 19.3. The summed E-state index contributed by atoms with van der Waals surface area (Å²) in [5.41, 5.74) is 2.20. The number of carbonyl (C=O) groups is 1. The van der Waals surface area contributed by atoms with Gasteiger partial charge in [0.25, 0.3) is 5.91 Å². The fraction of sp³-hybridized carbons (Fsp3) is 0.316. The number of carbonyl (C=O) groups excluding carboxylic acids is 1. The third-order valence-corrected chi connectivity index (χ3v) is 3.72. The second-order valence-electron chi connectivity index (χ2n) is 5.87. The van der Waals surface area contributed by atoms with Gasteiger partial charge in [0.15, 0.2) is 6.61 Å². The molecule has 2 rings (SSSR count). The van der Waals surface area contributed by atoms with Crippen LogP contribution in [0.15, 0.2) is 42.5 Å². The monoisotopic (exact) mass is 367 g/mol. The molecule has 0 spiro atoms. The molecular formula is C19H20F3NO3. The van der Waals surface area contributed by atoms with Gasteiger partial charge < -0.3 is 14.8 Å². The summed E-state index contributed by atoms with van der Waals surface area (Å²) in [4.78, 5) is 12.4. The second kappa shape index (κ2) is 8.12. The lowest BCUT2D eigenvalue weighted by Gasteiger charge is -2.18. The molecule has 2 aromatic rings. The SMILES string of the molecule is COc1ccc(C)cc1C(C)NC(=O)c1ccc(OCC(F)(F)F)cc1. The molecule has 1 unspecified atom stereocenters. The van der Waals surface area contributed by atoms with E-state index in [1.807, 2.05) is 32.0 Å². The Morgan fingerprint density at radius 3 is 2.38 bits per heavy atom. The molecule has 0 radical (unpaired) electrons. The first-order chi connectivity index (χ1) is 12.2. The lowest BCUT2D eigenvalue weighted by molar-refractivity contribution is -0.153. The molecule has 26 heavy (non-hydrogen) atoms. The van der Waals surface area contributed by atoms with Crippen molar-refractivity contribution in [2.24, 2.45) is 0 Å². The lowest BCUT2D eigenvalue weighted by Crippen LogP contribution is -2.27. The molecule has 0 aliphatic rings. The Morgan fingerprint density at radius 2 is 1.81 bits per heavy atom. The van der Waals surface area contributed by atoms with Gasteiger partial charge >= 0.3 is 6.18 Å². The molecule has 4 nitrogen and oxygen atoms in total. The smallest absolute Gasteiger partial charge is 0.422 e. The number of rotatable bonds is 6. The summed E-state index contributed by atoms with van der Waals surface area (Å²) >= 11 is 0. The molecule has 1 amide bonds. The fourth-order valence-corrected chi connectivity index (χ4v) is 2.42. The van der Waals surface area contributed by atoms with Gasteiger partial charge in [-0.25, -0.2) is 0 Å². The van der Waals surface area contributed by atoms with E-state index < -0.39 is 12.8 Å². The van der Waals surface area contributed by atoms with Crippen LogP contribution in [-0.2, 0) is 0 Å². The van der Waals surface area contributed by atoms with E-state index in [0.29, 0.717) is 11.3 Å². The van der Waals surface area contributed by atoms with Crippen LogP contribution in [0.25, 0.3) is 0 Å². The van der Waals surface area contributed by atoms with Crippen LogP contribution in [-0.4, -0.2) is 25.8 Å². The summed E-state index contributed by atoms with van der Waals surface area (Å²) in [6, 6.07) is 10.9. The van der Waals surface area contributed by atoms with E-state index in [4.69, 9.17) is 4.74 Å². The second-order valence-corrected chi connectivity index (χ2v) is 5.87. The molecule has 0 fully saturated rings. The van der Waals surface area contributed by atoms with Crippen molar-refractivity contribution in [2.75, 3.05) is 13.7 Å². The zero-order valence-corrected chi connectivity index (χ0v) is 14.7. The topological polar surface area (TPSA) is 47.6 Å². The van der Waals surface area contributed by atoms with Crippen LogP contribution in [0.3, 0.4) is 0 Å². The van der Waals surface area contributed by atoms with Gasteiger partial charge in [-0.2, -0.15) is 13.2 Å². The number of amides is 1. The molecule has 0 aliphatic heterocycles. The van der Waals surface area contributed by atoms with E-state index in [1.165, 1.54) is 24.3 Å². The van der Waals surface area contributed by atoms with Gasteiger partial charge in [0, 0.05) is 11.1 Å². The van der Waals surface area contributed by atoms with Gasteiger partial charge in [-0.15, -0.1) is 0 Å². The summed E-state index contributed by atoms with van der Waals surface area (Å²) in [6.07, 6.45) is -4.40. The Bertz CT molecular complexity index is 758. The minimum absolute atomic E-state index is 0.0484. The zero-order valence-electron chi connectivity index (χ0n) is 14.7. The minimum atomic E-state index is -4.40. The van der Waals surface area contributed by atoms with Crippen molar-refractivity contribution in [1.29, 1.82) is 0 Å². The van der Waals surface area contributed by atoms with Gasteiger partial charge in [-0.3, -0.25) is 4.79 Å². The van der Waals surface area contributed by atoms with E-state index in [9.17, 15) is 18.0 Å². The summed E-state index contributed by atoms with van der Waals surface area (Å²) < 4.78 is 46.4. The van der Waals surface area contributed by atoms with Crippen LogP contribution in [0.1, 0.15) is 34.5 Å². The number of halogens is 3. The highest BCUT2D eigenvalue weighted by molar-refractivity contribution is 5.94. The number of benzene rings is 2. The maximum Gasteiger partial charge on any atom is 0.422 e. The molecule has 0 aliphatic carbocycles. The number of hydrogen-bond donors (Lipinski definition) is 1. The van der Waals surface area contributed by atoms with Crippen molar-refractivity contribution in [3.05, 3.63) is 59.2 Å². The Balaban J connectivity index is 2.04. The maximum absolute atomic E-state index is 12.4. The van der Waals surface area contributed by atoms with Crippen molar-refractivity contribution in [3.63, 3.8) is 0 Å². The molecule has 0 aromatic heterocycles. The first-order valence-electron chi connectivity index (χ1n) is 7.94. The van der Waals surface area contributed by atoms with Crippen molar-refractivity contribution >= 4 is 5.91 Å². The van der Waals surface area contributed by atoms with Gasteiger partial charge in [0.2, 0.25) is 0 Å². The van der Waals surface area contributed by atoms with E-state index in [1.54, 1.807) is 7.11 Å². The Kier molecular flexibility index (Phi) is 6.13. The summed E-state index contributed by atoms with van der Waals surface area (Å²) in [7, 11) is 1.56. The van der Waals surface area contributed by atoms with Gasteiger partial charge in [-0.1, -0.05) is 17.7 Å². The third kappa shape index (κ3) is 5.40. The minimum Gasteiger partial charge on any atom is -0.496 e. The van der Waals surface area contributed by atoms with Crippen LogP contribution in [0.5, 0.6) is 11.5 Å². The van der Waals surface area contributed by atoms with Crippen molar-refractivity contribution in [3.8, 4) is 11.5 Å². The highest BCUT2D eigenvalue weighted by Crippen LogP contribution is 2.26. The molecule has 0 heterocycles. The van der Waals surface area contributed by atoms with E-state index in [2.05, 4.69) is 10.1 Å². The number of methoxy groups -OCH3 is 1. The van der Waals surface area contributed by atoms with Crippen LogP contribution >= 0.6 is 0 Å². The van der Waals surface area contributed by atoms with Gasteiger partial charge in [0.05, 0.1) is 13.2 Å². The summed E-state index contributed by atoms with van der Waals surface area (Å²) in [5, 5.41) is 2.85. The normalized spacial score (nSPS) is 12.4. The van der Waals surface area contributed by atoms with Crippen molar-refractivity contribution in [2.45, 2.75) is 26.1 Å². The molecule has 1 atom stereocenters. The maximum atomic E-state index is 12.4. The highest BCUT2D eigenvalue weighted by atomic mass is 19.4. The standard InChI is InChI=1S/C19H20F3NO3/c1-12-4-9-17(25-3)16(10-12)13(2)23-18(24)14-5-7-15(8-6-14)26-11-19(20,21)22/h4-10,13H,11H2,1-3H3,(H,23,24). The van der Waals surface area contributed by atoms with Crippen LogP contribution in [0, 0.1) is 6.92 Å². The van der Waals surface area contributed by atoms with E-state index in [0.717, 1.165) is 11.1 Å². The summed E-state index contributed by atoms with van der Waals surface area (Å²) in [6.45, 7) is 2.40. The first kappa shape index (κ1) is 19.6. The van der Waals surface area contributed by atoms with Crippen LogP contribution < -0.4 is 14.8 Å². The first-order valence-corrected chi connectivity index (χ1v) is 7.94. The van der Waals surface area contributed by atoms with Crippen LogP contribution in [0.4, 0.5) is 13.2 Å². The number of ether oxygens (including phenoxy) is 2. The average Bonchev–Trinajstić information content (AvgIpc) is 2.59. The predicted octanol–water partition coefficient (Wildman–Crippen LogP) is 4.44. The Morgan fingerprint density at radius 1 is 1.15 bits per heavy atom. The molecule has 0 saturated carbocycles. The van der Waals surface area contributed by atoms with E-state index in [-0.39, 0.29) is 17.7 Å². The van der Waals surface area contributed by atoms with E-state index >= 15 is 0 Å². The number of nitrogens with one attached hydrogen (secondary N) is 1. The van der Waals surface area contributed by atoms with Gasteiger partial charge in [0.1, 0.15) is 11.5 Å². The van der Waals surface area contributed by atoms with Crippen LogP contribution in [0.2, 0.25) is 0 Å². The van der Waals surface area contributed by atoms with Crippen molar-refractivity contribution < 1.29 is 27.4 Å². The largest absolute Gasteiger partial charge is 0.496 e. The van der Waals surface area contributed by atoms with Gasteiger partial charge in [-0.05, 0) is 44.2 Å². The Hall–Kier alpha value is -2.70. The molecule has 1 N–H and O–H groups in total. The number of aryl methyl sites for hydroxylation is 1. The molecular weight excluding hydrogens is 347 g/mol. The highest BCUT2D eigenvalue weighted by Gasteiger charge is 2.28. The average molecular weight is 367 g/mol. The lowest BCUT2D eigenvalue weighted by atomic mass is 10.0. The molecule has 0 bridgehead atoms. The fourth-order valence-electron chi connectivity index (χ4n) is 2.42. The predicted molar refractivity (Wildman–Crippen MR) is 91.6 cm³/mol.